The number of amides is 1. The zero-order valence-electron chi connectivity index (χ0n) is 13.9. The largest absolute Gasteiger partial charge is 0.444 e. The summed E-state index contributed by atoms with van der Waals surface area (Å²) in [6, 6.07) is -0.548. The van der Waals surface area contributed by atoms with Crippen LogP contribution in [-0.2, 0) is 14.3 Å². The minimum Gasteiger partial charge on any atom is -0.444 e. The maximum atomic E-state index is 12.8. The molecule has 1 fully saturated rings. The van der Waals surface area contributed by atoms with Gasteiger partial charge in [-0.3, -0.25) is 9.69 Å². The second-order valence-electron chi connectivity index (χ2n) is 6.96. The fraction of sp³-hybridized carbons (Fsp3) is 0.765. The van der Waals surface area contributed by atoms with Gasteiger partial charge in [-0.05, 0) is 52.0 Å². The van der Waals surface area contributed by atoms with Gasteiger partial charge in [-0.2, -0.15) is 0 Å². The first-order chi connectivity index (χ1) is 10.4. The summed E-state index contributed by atoms with van der Waals surface area (Å²) in [5.41, 5.74) is 0.284. The van der Waals surface area contributed by atoms with Crippen LogP contribution in [0.4, 0.5) is 4.79 Å². The van der Waals surface area contributed by atoms with E-state index in [-0.39, 0.29) is 12.4 Å². The summed E-state index contributed by atoms with van der Waals surface area (Å²) in [6.45, 7) is 6.60. The summed E-state index contributed by atoms with van der Waals surface area (Å²) >= 11 is 0. The minimum atomic E-state index is -0.565. The fourth-order valence-corrected chi connectivity index (χ4v) is 2.81. The summed E-state index contributed by atoms with van der Waals surface area (Å²) in [5, 5.41) is 0. The van der Waals surface area contributed by atoms with E-state index in [9.17, 15) is 9.59 Å². The van der Waals surface area contributed by atoms with Crippen LogP contribution in [0.25, 0.3) is 0 Å². The zero-order chi connectivity index (χ0) is 16.2. The molecule has 1 heterocycles. The Bertz CT molecular complexity index is 450. The third kappa shape index (κ3) is 4.57. The molecule has 5 nitrogen and oxygen atoms in total. The predicted octanol–water partition coefficient (Wildman–Crippen LogP) is 3.08. The third-order valence-electron chi connectivity index (χ3n) is 3.92. The van der Waals surface area contributed by atoms with E-state index in [2.05, 4.69) is 0 Å². The van der Waals surface area contributed by atoms with Gasteiger partial charge in [0.2, 0.25) is 0 Å². The van der Waals surface area contributed by atoms with Gasteiger partial charge < -0.3 is 9.47 Å². The van der Waals surface area contributed by atoms with Gasteiger partial charge >= 0.3 is 6.09 Å². The topological polar surface area (TPSA) is 55.8 Å². The lowest BCUT2D eigenvalue weighted by molar-refractivity contribution is -0.126. The third-order valence-corrected chi connectivity index (χ3v) is 3.92. The van der Waals surface area contributed by atoms with Crippen molar-refractivity contribution in [1.29, 1.82) is 0 Å². The number of Topliss-reactive ketones (excluding diaryl/α,β-unsaturated/α-hetero) is 1. The van der Waals surface area contributed by atoms with Gasteiger partial charge in [-0.25, -0.2) is 4.79 Å². The highest BCUT2D eigenvalue weighted by Crippen LogP contribution is 2.23. The summed E-state index contributed by atoms with van der Waals surface area (Å²) in [5.74, 6) is 0.0208. The van der Waals surface area contributed by atoms with E-state index >= 15 is 0 Å². The van der Waals surface area contributed by atoms with Crippen LogP contribution in [0.2, 0.25) is 0 Å². The van der Waals surface area contributed by atoms with Gasteiger partial charge in [-0.1, -0.05) is 12.5 Å². The normalized spacial score (nSPS) is 23.5. The first-order valence-electron chi connectivity index (χ1n) is 8.19. The molecule has 1 aliphatic carbocycles. The molecule has 0 radical (unpaired) electrons. The SMILES string of the molecule is CC(C)(C)OC(=O)N1CCOCC1C(=O)C1=CCCCCC1. The maximum Gasteiger partial charge on any atom is 0.411 e. The van der Waals surface area contributed by atoms with E-state index in [1.807, 2.05) is 26.8 Å². The number of nitrogens with zero attached hydrogens (tertiary/aromatic N) is 1. The highest BCUT2D eigenvalue weighted by molar-refractivity contribution is 6.01. The van der Waals surface area contributed by atoms with Crippen LogP contribution in [0.3, 0.4) is 0 Å². The first-order valence-corrected chi connectivity index (χ1v) is 8.19. The van der Waals surface area contributed by atoms with Gasteiger partial charge in [0.15, 0.2) is 5.78 Å². The number of ketones is 1. The monoisotopic (exact) mass is 309 g/mol. The van der Waals surface area contributed by atoms with Crippen molar-refractivity contribution in [2.45, 2.75) is 64.5 Å². The summed E-state index contributed by atoms with van der Waals surface area (Å²) in [6.07, 6.45) is 6.69. The predicted molar refractivity (Wildman–Crippen MR) is 83.7 cm³/mol. The number of morpholine rings is 1. The molecule has 1 unspecified atom stereocenters. The molecule has 0 spiro atoms. The summed E-state index contributed by atoms with van der Waals surface area (Å²) < 4.78 is 10.9. The van der Waals surface area contributed by atoms with Crippen LogP contribution in [0.15, 0.2) is 11.6 Å². The van der Waals surface area contributed by atoms with Gasteiger partial charge in [0.1, 0.15) is 11.6 Å². The molecule has 2 rings (SSSR count). The summed E-state index contributed by atoms with van der Waals surface area (Å²) in [4.78, 5) is 26.7. The van der Waals surface area contributed by atoms with Gasteiger partial charge in [0.05, 0.1) is 13.2 Å². The maximum absolute atomic E-state index is 12.8. The quantitative estimate of drug-likeness (QED) is 0.786. The van der Waals surface area contributed by atoms with Gasteiger partial charge in [0.25, 0.3) is 0 Å². The van der Waals surface area contributed by atoms with Crippen molar-refractivity contribution in [3.63, 3.8) is 0 Å². The van der Waals surface area contributed by atoms with Crippen molar-refractivity contribution in [3.05, 3.63) is 11.6 Å². The van der Waals surface area contributed by atoms with Crippen molar-refractivity contribution in [1.82, 2.24) is 4.90 Å². The Morgan fingerprint density at radius 1 is 1.27 bits per heavy atom. The van der Waals surface area contributed by atoms with E-state index in [0.29, 0.717) is 13.2 Å². The van der Waals surface area contributed by atoms with E-state index in [1.54, 1.807) is 0 Å². The highest BCUT2D eigenvalue weighted by atomic mass is 16.6. The van der Waals surface area contributed by atoms with Crippen LogP contribution in [-0.4, -0.2) is 48.2 Å². The number of ether oxygens (including phenoxy) is 2. The summed E-state index contributed by atoms with van der Waals surface area (Å²) in [7, 11) is 0. The molecular weight excluding hydrogens is 282 g/mol. The molecular formula is C17H27NO4. The number of carbonyl (C=O) groups excluding carboxylic acids is 2. The fourth-order valence-electron chi connectivity index (χ4n) is 2.81. The molecule has 5 heteroatoms. The molecule has 0 bridgehead atoms. The van der Waals surface area contributed by atoms with E-state index in [1.165, 1.54) is 4.90 Å². The Hall–Kier alpha value is -1.36. The van der Waals surface area contributed by atoms with Crippen LogP contribution in [0.1, 0.15) is 52.9 Å². The van der Waals surface area contributed by atoms with Crippen LogP contribution in [0.5, 0.6) is 0 Å². The standard InChI is InChI=1S/C17H27NO4/c1-17(2,3)22-16(20)18-10-11-21-12-14(18)15(19)13-8-6-4-5-7-9-13/h8,14H,4-7,9-12H2,1-3H3. The molecule has 0 aromatic rings. The van der Waals surface area contributed by atoms with Crippen LogP contribution in [0, 0.1) is 0 Å². The van der Waals surface area contributed by atoms with E-state index in [0.717, 1.165) is 37.7 Å². The molecule has 2 aliphatic rings. The molecule has 1 amide bonds. The van der Waals surface area contributed by atoms with Crippen molar-refractivity contribution >= 4 is 11.9 Å². The molecule has 0 aromatic carbocycles. The molecule has 1 atom stereocenters. The van der Waals surface area contributed by atoms with Crippen molar-refractivity contribution < 1.29 is 19.1 Å². The molecule has 0 N–H and O–H groups in total. The number of hydrogen-bond acceptors (Lipinski definition) is 4. The Balaban J connectivity index is 2.10. The zero-order valence-corrected chi connectivity index (χ0v) is 13.9. The molecule has 22 heavy (non-hydrogen) atoms. The highest BCUT2D eigenvalue weighted by Gasteiger charge is 2.36. The Morgan fingerprint density at radius 2 is 2.05 bits per heavy atom. The van der Waals surface area contributed by atoms with Crippen molar-refractivity contribution in [3.8, 4) is 0 Å². The number of hydrogen-bond donors (Lipinski definition) is 0. The smallest absolute Gasteiger partial charge is 0.411 e. The average Bonchev–Trinajstić information content (AvgIpc) is 2.74. The van der Waals surface area contributed by atoms with Crippen LogP contribution < -0.4 is 0 Å². The molecule has 124 valence electrons. The first kappa shape index (κ1) is 17.0. The Labute approximate surface area is 132 Å². The van der Waals surface area contributed by atoms with Gasteiger partial charge in [0, 0.05) is 6.54 Å². The molecule has 0 aromatic heterocycles. The van der Waals surface area contributed by atoms with Crippen molar-refractivity contribution in [2.75, 3.05) is 19.8 Å². The second-order valence-corrected chi connectivity index (χ2v) is 6.96. The van der Waals surface area contributed by atoms with E-state index in [4.69, 9.17) is 9.47 Å². The van der Waals surface area contributed by atoms with E-state index < -0.39 is 17.7 Å². The number of rotatable bonds is 2. The minimum absolute atomic E-state index is 0.0208. The Kier molecular flexibility index (Phi) is 5.62. The molecule has 1 aliphatic heterocycles. The molecule has 0 saturated carbocycles. The van der Waals surface area contributed by atoms with Crippen LogP contribution >= 0.6 is 0 Å². The lowest BCUT2D eigenvalue weighted by Gasteiger charge is -2.36. The van der Waals surface area contributed by atoms with Crippen molar-refractivity contribution in [2.24, 2.45) is 0 Å². The molecule has 1 saturated heterocycles. The van der Waals surface area contributed by atoms with Gasteiger partial charge in [-0.15, -0.1) is 0 Å². The lowest BCUT2D eigenvalue weighted by Crippen LogP contribution is -2.54. The number of allylic oxidation sites excluding steroid dienone is 1. The average molecular weight is 309 g/mol. The lowest BCUT2D eigenvalue weighted by atomic mass is 9.99. The Morgan fingerprint density at radius 3 is 2.77 bits per heavy atom. The number of carbonyl (C=O) groups is 2. The second kappa shape index (κ2) is 7.27.